The average Bonchev–Trinajstić information content (AvgIpc) is 2.67. The first-order valence-electron chi connectivity index (χ1n) is 8.96. The molecule has 1 heterocycles. The number of nitrogens with one attached hydrogen (secondary N) is 1. The second-order valence-corrected chi connectivity index (χ2v) is 7.92. The Morgan fingerprint density at radius 2 is 1.61 bits per heavy atom. The van der Waals surface area contributed by atoms with Crippen LogP contribution in [0.4, 0.5) is 0 Å². The molecule has 8 heteroatoms. The zero-order valence-electron chi connectivity index (χ0n) is 15.2. The number of hydrogen-bond acceptors (Lipinski definition) is 4. The zero-order chi connectivity index (χ0) is 19.9. The van der Waals surface area contributed by atoms with Crippen molar-refractivity contribution in [1.82, 2.24) is 15.2 Å². The van der Waals surface area contributed by atoms with Crippen LogP contribution in [0.15, 0.2) is 47.6 Å². The molecule has 0 bridgehead atoms. The van der Waals surface area contributed by atoms with Crippen molar-refractivity contribution in [2.75, 3.05) is 32.7 Å². The summed E-state index contributed by atoms with van der Waals surface area (Å²) >= 11 is 17.9. The van der Waals surface area contributed by atoms with Crippen LogP contribution in [0.5, 0.6) is 0 Å². The van der Waals surface area contributed by atoms with Crippen LogP contribution in [0, 0.1) is 0 Å². The Labute approximate surface area is 179 Å². The first-order chi connectivity index (χ1) is 13.5. The van der Waals surface area contributed by atoms with Gasteiger partial charge in [-0.25, -0.2) is 5.43 Å². The van der Waals surface area contributed by atoms with E-state index in [1.807, 2.05) is 24.3 Å². The smallest absolute Gasteiger partial charge is 0.254 e. The largest absolute Gasteiger partial charge is 0.297 e. The molecule has 1 N–H and O–H groups in total. The van der Waals surface area contributed by atoms with Crippen LogP contribution < -0.4 is 5.43 Å². The fourth-order valence-electron chi connectivity index (χ4n) is 2.97. The van der Waals surface area contributed by atoms with Crippen molar-refractivity contribution >= 4 is 46.9 Å². The number of benzene rings is 2. The molecule has 2 aromatic carbocycles. The van der Waals surface area contributed by atoms with Crippen molar-refractivity contribution in [2.45, 2.75) is 6.54 Å². The molecule has 0 unspecified atom stereocenters. The summed E-state index contributed by atoms with van der Waals surface area (Å²) in [6.45, 7) is 4.73. The van der Waals surface area contributed by atoms with Gasteiger partial charge < -0.3 is 0 Å². The summed E-state index contributed by atoms with van der Waals surface area (Å²) in [4.78, 5) is 16.6. The van der Waals surface area contributed by atoms with Crippen LogP contribution in [-0.2, 0) is 11.3 Å². The second-order valence-electron chi connectivity index (χ2n) is 6.64. The maximum atomic E-state index is 12.1. The lowest BCUT2D eigenvalue weighted by Crippen LogP contribution is -2.48. The summed E-state index contributed by atoms with van der Waals surface area (Å²) in [5, 5.41) is 5.77. The maximum absolute atomic E-state index is 12.1. The molecule has 3 rings (SSSR count). The molecule has 2 aromatic rings. The van der Waals surface area contributed by atoms with Gasteiger partial charge in [-0.15, -0.1) is 0 Å². The summed E-state index contributed by atoms with van der Waals surface area (Å²) in [6, 6.07) is 13.0. The van der Waals surface area contributed by atoms with Crippen molar-refractivity contribution in [3.05, 3.63) is 68.7 Å². The van der Waals surface area contributed by atoms with Gasteiger partial charge in [0.05, 0.1) is 17.8 Å². The van der Waals surface area contributed by atoms with Crippen LogP contribution in [-0.4, -0.2) is 54.6 Å². The number of piperazine rings is 1. The van der Waals surface area contributed by atoms with E-state index in [1.165, 1.54) is 11.8 Å². The molecule has 1 saturated heterocycles. The minimum absolute atomic E-state index is 0.146. The van der Waals surface area contributed by atoms with Gasteiger partial charge in [0.2, 0.25) is 0 Å². The lowest BCUT2D eigenvalue weighted by Gasteiger charge is -2.34. The van der Waals surface area contributed by atoms with Gasteiger partial charge in [0.1, 0.15) is 0 Å². The Balaban J connectivity index is 1.39. The van der Waals surface area contributed by atoms with Crippen molar-refractivity contribution in [2.24, 2.45) is 5.10 Å². The minimum Gasteiger partial charge on any atom is -0.297 e. The monoisotopic (exact) mass is 438 g/mol. The lowest BCUT2D eigenvalue weighted by atomic mass is 10.2. The van der Waals surface area contributed by atoms with Gasteiger partial charge in [0, 0.05) is 48.3 Å². The molecule has 148 valence electrons. The number of hydrazone groups is 1. The number of carbonyl (C=O) groups excluding carboxylic acids is 1. The minimum atomic E-state index is -0.146. The third kappa shape index (κ3) is 6.47. The molecule has 0 saturated carbocycles. The van der Waals surface area contributed by atoms with Gasteiger partial charge in [-0.05, 0) is 29.8 Å². The van der Waals surface area contributed by atoms with Crippen molar-refractivity contribution in [3.8, 4) is 0 Å². The number of amides is 1. The predicted molar refractivity (Wildman–Crippen MR) is 115 cm³/mol. The molecule has 0 aromatic heterocycles. The number of hydrogen-bond donors (Lipinski definition) is 1. The fraction of sp³-hybridized carbons (Fsp3) is 0.300. The van der Waals surface area contributed by atoms with Crippen molar-refractivity contribution in [3.63, 3.8) is 0 Å². The molecule has 1 amide bonds. The highest BCUT2D eigenvalue weighted by atomic mass is 35.5. The second kappa shape index (κ2) is 10.2. The Morgan fingerprint density at radius 3 is 2.29 bits per heavy atom. The summed E-state index contributed by atoms with van der Waals surface area (Å²) in [5.41, 5.74) is 4.49. The van der Waals surface area contributed by atoms with Crippen LogP contribution in [0.1, 0.15) is 11.1 Å². The number of rotatable bonds is 6. The van der Waals surface area contributed by atoms with Crippen LogP contribution in [0.2, 0.25) is 15.1 Å². The molecule has 0 radical (unpaired) electrons. The lowest BCUT2D eigenvalue weighted by molar-refractivity contribution is -0.122. The molecule has 1 aliphatic rings. The van der Waals surface area contributed by atoms with Crippen LogP contribution in [0.25, 0.3) is 0 Å². The summed E-state index contributed by atoms with van der Waals surface area (Å²) in [7, 11) is 0. The maximum Gasteiger partial charge on any atom is 0.254 e. The van der Waals surface area contributed by atoms with E-state index in [0.29, 0.717) is 22.2 Å². The Morgan fingerprint density at radius 1 is 0.964 bits per heavy atom. The van der Waals surface area contributed by atoms with Crippen LogP contribution >= 0.6 is 34.8 Å². The van der Waals surface area contributed by atoms with Gasteiger partial charge in [0.15, 0.2) is 0 Å². The summed E-state index contributed by atoms with van der Waals surface area (Å²) < 4.78 is 0. The molecular weight excluding hydrogens is 419 g/mol. The highest BCUT2D eigenvalue weighted by Gasteiger charge is 2.18. The van der Waals surface area contributed by atoms with Gasteiger partial charge in [-0.3, -0.25) is 14.6 Å². The highest BCUT2D eigenvalue weighted by molar-refractivity contribution is 6.36. The molecular formula is C20H21Cl3N4O. The predicted octanol–water partition coefficient (Wildman–Crippen LogP) is 3.91. The molecule has 1 aliphatic heterocycles. The average molecular weight is 440 g/mol. The van der Waals surface area contributed by atoms with Gasteiger partial charge in [-0.2, -0.15) is 5.10 Å². The Kier molecular flexibility index (Phi) is 7.71. The van der Waals surface area contributed by atoms with Crippen molar-refractivity contribution < 1.29 is 4.79 Å². The van der Waals surface area contributed by atoms with E-state index in [0.717, 1.165) is 37.7 Å². The fourth-order valence-corrected chi connectivity index (χ4v) is 3.56. The molecule has 0 aliphatic carbocycles. The molecule has 1 fully saturated rings. The third-order valence-electron chi connectivity index (χ3n) is 4.51. The van der Waals surface area contributed by atoms with E-state index in [9.17, 15) is 4.79 Å². The standard InChI is InChI=1S/C20H21Cl3N4O/c21-17-4-1-15(2-5-17)13-26-7-9-27(10-8-26)14-20(28)25-24-12-16-3-6-18(22)11-19(16)23/h1-6,11-12H,7-10,13-14H2,(H,25,28)/b24-12-. The van der Waals surface area contributed by atoms with E-state index >= 15 is 0 Å². The van der Waals surface area contributed by atoms with Gasteiger partial charge in [0.25, 0.3) is 5.91 Å². The number of carbonyl (C=O) groups is 1. The summed E-state index contributed by atoms with van der Waals surface area (Å²) in [6.07, 6.45) is 1.51. The normalized spacial score (nSPS) is 15.8. The highest BCUT2D eigenvalue weighted by Crippen LogP contribution is 2.19. The van der Waals surface area contributed by atoms with Crippen molar-refractivity contribution in [1.29, 1.82) is 0 Å². The quantitative estimate of drug-likeness (QED) is 0.548. The first kappa shape index (κ1) is 21.1. The van der Waals surface area contributed by atoms with E-state index in [2.05, 4.69) is 20.3 Å². The van der Waals surface area contributed by atoms with Crippen LogP contribution in [0.3, 0.4) is 0 Å². The van der Waals surface area contributed by atoms with Gasteiger partial charge >= 0.3 is 0 Å². The number of halogens is 3. The van der Waals surface area contributed by atoms with E-state index in [1.54, 1.807) is 18.2 Å². The first-order valence-corrected chi connectivity index (χ1v) is 10.1. The van der Waals surface area contributed by atoms with E-state index in [4.69, 9.17) is 34.8 Å². The topological polar surface area (TPSA) is 47.9 Å². The molecule has 0 spiro atoms. The van der Waals surface area contributed by atoms with E-state index in [-0.39, 0.29) is 5.91 Å². The third-order valence-corrected chi connectivity index (χ3v) is 5.32. The molecule has 0 atom stereocenters. The van der Waals surface area contributed by atoms with E-state index < -0.39 is 0 Å². The molecule has 5 nitrogen and oxygen atoms in total. The molecule has 28 heavy (non-hydrogen) atoms. The Hall–Kier alpha value is -1.63. The Bertz CT molecular complexity index is 834. The SMILES string of the molecule is O=C(CN1CCN(Cc2ccc(Cl)cc2)CC1)N/N=C\c1ccc(Cl)cc1Cl. The zero-order valence-corrected chi connectivity index (χ0v) is 17.5. The van der Waals surface area contributed by atoms with Gasteiger partial charge in [-0.1, -0.05) is 53.0 Å². The number of nitrogens with zero attached hydrogens (tertiary/aromatic N) is 3. The summed E-state index contributed by atoms with van der Waals surface area (Å²) in [5.74, 6) is -0.146.